The van der Waals surface area contributed by atoms with Crippen molar-refractivity contribution in [1.29, 1.82) is 0 Å². The van der Waals surface area contributed by atoms with E-state index in [1.807, 2.05) is 0 Å². The van der Waals surface area contributed by atoms with Crippen LogP contribution in [-0.4, -0.2) is 35.6 Å². The van der Waals surface area contributed by atoms with E-state index >= 15 is 0 Å². The Bertz CT molecular complexity index is 912. The second kappa shape index (κ2) is 7.43. The Hall–Kier alpha value is -2.45. The molecule has 1 unspecified atom stereocenters. The Morgan fingerprint density at radius 3 is 2.31 bits per heavy atom. The lowest BCUT2D eigenvalue weighted by atomic mass is 9.97. The second-order valence-electron chi connectivity index (χ2n) is 6.30. The minimum Gasteiger partial charge on any atom is -0.507 e. The molecular formula is C18H20FNO5S. The third-order valence-electron chi connectivity index (χ3n) is 4.51. The molecule has 2 rings (SSSR count). The third-order valence-corrected chi connectivity index (χ3v) is 6.53. The van der Waals surface area contributed by atoms with Crippen molar-refractivity contribution in [1.82, 2.24) is 5.48 Å². The third kappa shape index (κ3) is 4.03. The van der Waals surface area contributed by atoms with Crippen molar-refractivity contribution in [2.24, 2.45) is 0 Å². The van der Waals surface area contributed by atoms with Crippen molar-refractivity contribution >= 4 is 15.7 Å². The molecule has 6 nitrogen and oxygen atoms in total. The van der Waals surface area contributed by atoms with Gasteiger partial charge < -0.3 is 5.11 Å². The maximum Gasteiger partial charge on any atom is 0.264 e. The van der Waals surface area contributed by atoms with Crippen LogP contribution in [0.15, 0.2) is 42.5 Å². The first kappa shape index (κ1) is 19.9. The number of aromatic hydroxyl groups is 1. The zero-order chi connectivity index (χ0) is 19.5. The number of nitrogens with one attached hydrogen (secondary N) is 1. The number of hydrogen-bond donors (Lipinski definition) is 3. The molecule has 26 heavy (non-hydrogen) atoms. The molecule has 0 aliphatic rings. The maximum atomic E-state index is 13.0. The van der Waals surface area contributed by atoms with Crippen molar-refractivity contribution < 1.29 is 27.9 Å². The zero-order valence-electron chi connectivity index (χ0n) is 14.4. The normalized spacial score (nSPS) is 13.8. The maximum absolute atomic E-state index is 13.0. The summed E-state index contributed by atoms with van der Waals surface area (Å²) in [6, 6.07) is 10.5. The lowest BCUT2D eigenvalue weighted by Crippen LogP contribution is -2.49. The topological polar surface area (TPSA) is 104 Å². The molecule has 0 bridgehead atoms. The van der Waals surface area contributed by atoms with Crippen LogP contribution in [0.25, 0.3) is 11.1 Å². The molecule has 8 heteroatoms. The fraction of sp³-hybridized carbons (Fsp3) is 0.278. The monoisotopic (exact) mass is 381 g/mol. The minimum atomic E-state index is -3.78. The molecular weight excluding hydrogens is 361 g/mol. The van der Waals surface area contributed by atoms with Crippen LogP contribution >= 0.6 is 0 Å². The van der Waals surface area contributed by atoms with Crippen LogP contribution in [0.5, 0.6) is 5.75 Å². The minimum absolute atomic E-state index is 0.0400. The Balaban J connectivity index is 2.24. The highest BCUT2D eigenvalue weighted by Crippen LogP contribution is 2.31. The van der Waals surface area contributed by atoms with Gasteiger partial charge in [0.2, 0.25) is 0 Å². The molecule has 0 aliphatic carbocycles. The van der Waals surface area contributed by atoms with Crippen molar-refractivity contribution in [3.63, 3.8) is 0 Å². The van der Waals surface area contributed by atoms with Crippen LogP contribution in [0.4, 0.5) is 4.39 Å². The number of phenols is 1. The highest BCUT2D eigenvalue weighted by atomic mass is 32.2. The van der Waals surface area contributed by atoms with Gasteiger partial charge in [0, 0.05) is 11.8 Å². The van der Waals surface area contributed by atoms with E-state index in [-0.39, 0.29) is 24.4 Å². The van der Waals surface area contributed by atoms with Crippen LogP contribution < -0.4 is 5.48 Å². The molecule has 0 aliphatic heterocycles. The lowest BCUT2D eigenvalue weighted by molar-refractivity contribution is -0.131. The smallest absolute Gasteiger partial charge is 0.264 e. The predicted molar refractivity (Wildman–Crippen MR) is 95.0 cm³/mol. The average molecular weight is 381 g/mol. The van der Waals surface area contributed by atoms with Gasteiger partial charge in [-0.1, -0.05) is 24.3 Å². The number of carbonyl (C=O) groups excluding carboxylic acids is 1. The number of halogens is 1. The summed E-state index contributed by atoms with van der Waals surface area (Å²) >= 11 is 0. The summed E-state index contributed by atoms with van der Waals surface area (Å²) in [7, 11) is -3.78. The highest BCUT2D eigenvalue weighted by molar-refractivity contribution is 7.92. The van der Waals surface area contributed by atoms with Gasteiger partial charge in [0.05, 0.1) is 0 Å². The SMILES string of the molecule is CC(CCc1ccc(-c2ccc(F)cc2)c(O)c1)(C(=O)NO)S(C)(=O)=O. The molecule has 1 amide bonds. The summed E-state index contributed by atoms with van der Waals surface area (Å²) < 4.78 is 35.1. The molecule has 0 heterocycles. The molecule has 0 radical (unpaired) electrons. The Morgan fingerprint density at radius 1 is 1.19 bits per heavy atom. The number of amides is 1. The molecule has 0 spiro atoms. The zero-order valence-corrected chi connectivity index (χ0v) is 15.2. The summed E-state index contributed by atoms with van der Waals surface area (Å²) in [6.07, 6.45) is 1.04. The van der Waals surface area contributed by atoms with Crippen molar-refractivity contribution in [3.8, 4) is 16.9 Å². The van der Waals surface area contributed by atoms with E-state index in [0.717, 1.165) is 6.26 Å². The van der Waals surface area contributed by atoms with Crippen molar-refractivity contribution in [2.75, 3.05) is 6.26 Å². The molecule has 2 aromatic rings. The van der Waals surface area contributed by atoms with E-state index in [1.54, 1.807) is 12.1 Å². The van der Waals surface area contributed by atoms with Gasteiger partial charge in [-0.25, -0.2) is 18.3 Å². The Kier molecular flexibility index (Phi) is 5.68. The number of aryl methyl sites for hydroxylation is 1. The molecule has 140 valence electrons. The first-order valence-corrected chi connectivity index (χ1v) is 9.69. The number of rotatable bonds is 6. The lowest BCUT2D eigenvalue weighted by Gasteiger charge is -2.25. The van der Waals surface area contributed by atoms with Crippen LogP contribution in [0.2, 0.25) is 0 Å². The summed E-state index contributed by atoms with van der Waals surface area (Å²) in [5.74, 6) is -1.43. The van der Waals surface area contributed by atoms with E-state index in [0.29, 0.717) is 16.7 Å². The van der Waals surface area contributed by atoms with Gasteiger partial charge in [0.25, 0.3) is 5.91 Å². The Morgan fingerprint density at radius 2 is 1.81 bits per heavy atom. The van der Waals surface area contributed by atoms with Crippen LogP contribution in [0.1, 0.15) is 18.9 Å². The van der Waals surface area contributed by atoms with Crippen LogP contribution in [0.3, 0.4) is 0 Å². The summed E-state index contributed by atoms with van der Waals surface area (Å²) in [4.78, 5) is 11.8. The van der Waals surface area contributed by atoms with Crippen molar-refractivity contribution in [3.05, 3.63) is 53.8 Å². The van der Waals surface area contributed by atoms with Gasteiger partial charge in [-0.15, -0.1) is 0 Å². The summed E-state index contributed by atoms with van der Waals surface area (Å²) in [5.41, 5.74) is 3.16. The first-order chi connectivity index (χ1) is 12.1. The molecule has 2 aromatic carbocycles. The predicted octanol–water partition coefficient (Wildman–Crippen LogP) is 2.44. The first-order valence-electron chi connectivity index (χ1n) is 7.80. The molecule has 0 aromatic heterocycles. The number of hydrogen-bond acceptors (Lipinski definition) is 5. The fourth-order valence-electron chi connectivity index (χ4n) is 2.57. The highest BCUT2D eigenvalue weighted by Gasteiger charge is 2.43. The van der Waals surface area contributed by atoms with E-state index in [9.17, 15) is 22.7 Å². The van der Waals surface area contributed by atoms with Gasteiger partial charge >= 0.3 is 0 Å². The number of hydroxylamine groups is 1. The largest absolute Gasteiger partial charge is 0.507 e. The fourth-order valence-corrected chi connectivity index (χ4v) is 3.43. The quantitative estimate of drug-likeness (QED) is 0.527. The van der Waals surface area contributed by atoms with E-state index < -0.39 is 20.5 Å². The van der Waals surface area contributed by atoms with E-state index in [2.05, 4.69) is 0 Å². The summed E-state index contributed by atoms with van der Waals surface area (Å²) in [6.45, 7) is 1.24. The molecule has 1 atom stereocenters. The molecule has 0 saturated heterocycles. The van der Waals surface area contributed by atoms with Gasteiger partial charge in [0.15, 0.2) is 9.84 Å². The number of sulfone groups is 1. The van der Waals surface area contributed by atoms with Gasteiger partial charge in [-0.2, -0.15) is 0 Å². The van der Waals surface area contributed by atoms with Crippen LogP contribution in [0, 0.1) is 5.82 Å². The summed E-state index contributed by atoms with van der Waals surface area (Å²) in [5, 5.41) is 19.1. The van der Waals surface area contributed by atoms with E-state index in [1.165, 1.54) is 42.7 Å². The molecule has 3 N–H and O–H groups in total. The van der Waals surface area contributed by atoms with E-state index in [4.69, 9.17) is 5.21 Å². The number of phenolic OH excluding ortho intramolecular Hbond substituents is 1. The number of carbonyl (C=O) groups is 1. The standard InChI is InChI=1S/C18H20FNO5S/c1-18(17(22)20-23,26(2,24)25)10-9-12-3-8-15(16(21)11-12)13-4-6-14(19)7-5-13/h3-8,11,21,23H,9-10H2,1-2H3,(H,20,22). The average Bonchev–Trinajstić information content (AvgIpc) is 2.59. The molecule has 0 saturated carbocycles. The van der Waals surface area contributed by atoms with Crippen molar-refractivity contribution in [2.45, 2.75) is 24.5 Å². The van der Waals surface area contributed by atoms with Gasteiger partial charge in [-0.3, -0.25) is 10.0 Å². The van der Waals surface area contributed by atoms with Crippen LogP contribution in [-0.2, 0) is 21.1 Å². The number of benzene rings is 2. The second-order valence-corrected chi connectivity index (χ2v) is 8.75. The van der Waals surface area contributed by atoms with Gasteiger partial charge in [-0.05, 0) is 49.1 Å². The molecule has 0 fully saturated rings. The Labute approximate surface area is 151 Å². The van der Waals surface area contributed by atoms with Gasteiger partial charge in [0.1, 0.15) is 16.3 Å².